The third kappa shape index (κ3) is 8.52. The molecule has 0 saturated carbocycles. The Balaban J connectivity index is 2.03. The molecule has 0 saturated heterocycles. The molecule has 6 nitrogen and oxygen atoms in total. The van der Waals surface area contributed by atoms with Gasteiger partial charge in [-0.15, -0.1) is 0 Å². The fourth-order valence-corrected chi connectivity index (χ4v) is 1.58. The van der Waals surface area contributed by atoms with Gasteiger partial charge in [-0.05, 0) is 24.3 Å². The maximum Gasteiger partial charge on any atom is 0.119 e. The predicted molar refractivity (Wildman–Crippen MR) is 80.1 cm³/mol. The average Bonchev–Trinajstić information content (AvgIpc) is 2.52. The largest absolute Gasteiger partial charge is 0.497 e. The standard InChI is InChI=1S/C15H25NO5/c1-18-9-10-20-8-7-16-11-13(17)12-21-15-5-3-14(19-2)4-6-15/h3-6,13,16-17H,7-12H2,1-2H3. The molecule has 0 bridgehead atoms. The molecule has 0 amide bonds. The van der Waals surface area contributed by atoms with Crippen LogP contribution in [0.5, 0.6) is 11.5 Å². The SMILES string of the molecule is COCCOCCNCC(O)COc1ccc(OC)cc1. The van der Waals surface area contributed by atoms with E-state index in [-0.39, 0.29) is 6.61 Å². The first-order valence-electron chi connectivity index (χ1n) is 6.98. The van der Waals surface area contributed by atoms with Crippen LogP contribution in [-0.2, 0) is 9.47 Å². The number of benzene rings is 1. The van der Waals surface area contributed by atoms with E-state index in [1.807, 2.05) is 24.3 Å². The van der Waals surface area contributed by atoms with E-state index in [2.05, 4.69) is 5.32 Å². The highest BCUT2D eigenvalue weighted by molar-refractivity contribution is 5.31. The van der Waals surface area contributed by atoms with Crippen molar-refractivity contribution in [2.45, 2.75) is 6.10 Å². The number of nitrogens with one attached hydrogen (secondary N) is 1. The maximum absolute atomic E-state index is 9.78. The van der Waals surface area contributed by atoms with E-state index in [1.54, 1.807) is 14.2 Å². The van der Waals surface area contributed by atoms with E-state index in [9.17, 15) is 5.11 Å². The van der Waals surface area contributed by atoms with Gasteiger partial charge in [-0.3, -0.25) is 0 Å². The van der Waals surface area contributed by atoms with E-state index < -0.39 is 6.10 Å². The minimum atomic E-state index is -0.564. The Hall–Kier alpha value is -1.34. The second kappa shape index (κ2) is 11.3. The highest BCUT2D eigenvalue weighted by Gasteiger charge is 2.05. The summed E-state index contributed by atoms with van der Waals surface area (Å²) in [5.74, 6) is 1.48. The molecule has 0 aliphatic heterocycles. The van der Waals surface area contributed by atoms with Crippen LogP contribution >= 0.6 is 0 Å². The van der Waals surface area contributed by atoms with E-state index >= 15 is 0 Å². The number of ether oxygens (including phenoxy) is 4. The fourth-order valence-electron chi connectivity index (χ4n) is 1.58. The Morgan fingerprint density at radius 3 is 2.43 bits per heavy atom. The van der Waals surface area contributed by atoms with Crippen molar-refractivity contribution in [3.63, 3.8) is 0 Å². The van der Waals surface area contributed by atoms with Crippen molar-refractivity contribution in [3.05, 3.63) is 24.3 Å². The van der Waals surface area contributed by atoms with Gasteiger partial charge in [-0.2, -0.15) is 0 Å². The van der Waals surface area contributed by atoms with Gasteiger partial charge in [-0.25, -0.2) is 0 Å². The fraction of sp³-hybridized carbons (Fsp3) is 0.600. The van der Waals surface area contributed by atoms with Crippen molar-refractivity contribution < 1.29 is 24.1 Å². The van der Waals surface area contributed by atoms with Gasteiger partial charge in [0.05, 0.1) is 26.9 Å². The van der Waals surface area contributed by atoms with Crippen LogP contribution in [0, 0.1) is 0 Å². The van der Waals surface area contributed by atoms with Crippen LogP contribution in [0.15, 0.2) is 24.3 Å². The van der Waals surface area contributed by atoms with Gasteiger partial charge in [-0.1, -0.05) is 0 Å². The zero-order chi connectivity index (χ0) is 15.3. The van der Waals surface area contributed by atoms with Crippen LogP contribution in [-0.4, -0.2) is 64.9 Å². The minimum absolute atomic E-state index is 0.240. The molecule has 1 rings (SSSR count). The first-order valence-corrected chi connectivity index (χ1v) is 6.98. The van der Waals surface area contributed by atoms with Gasteiger partial charge < -0.3 is 29.4 Å². The summed E-state index contributed by atoms with van der Waals surface area (Å²) in [5, 5.41) is 12.9. The summed E-state index contributed by atoms with van der Waals surface area (Å²) in [6.07, 6.45) is -0.564. The Labute approximate surface area is 126 Å². The third-order valence-corrected chi connectivity index (χ3v) is 2.74. The normalized spacial score (nSPS) is 12.1. The van der Waals surface area contributed by atoms with Gasteiger partial charge >= 0.3 is 0 Å². The Kier molecular flexibility index (Phi) is 9.56. The molecule has 1 aromatic carbocycles. The first-order chi connectivity index (χ1) is 10.3. The molecule has 0 radical (unpaired) electrons. The highest BCUT2D eigenvalue weighted by Crippen LogP contribution is 2.16. The summed E-state index contributed by atoms with van der Waals surface area (Å²) in [4.78, 5) is 0. The lowest BCUT2D eigenvalue weighted by Gasteiger charge is -2.13. The summed E-state index contributed by atoms with van der Waals surface area (Å²) < 4.78 is 20.7. The van der Waals surface area contributed by atoms with Crippen LogP contribution in [0.2, 0.25) is 0 Å². The number of rotatable bonds is 12. The van der Waals surface area contributed by atoms with Gasteiger partial charge in [0, 0.05) is 20.2 Å². The molecule has 0 spiro atoms. The molecule has 1 atom stereocenters. The highest BCUT2D eigenvalue weighted by atomic mass is 16.5. The second-order valence-corrected chi connectivity index (χ2v) is 4.45. The number of aliphatic hydroxyl groups is 1. The number of methoxy groups -OCH3 is 2. The van der Waals surface area contributed by atoms with E-state index in [0.717, 1.165) is 5.75 Å². The number of hydrogen-bond donors (Lipinski definition) is 2. The number of aliphatic hydroxyl groups excluding tert-OH is 1. The summed E-state index contributed by atoms with van der Waals surface area (Å²) in [6, 6.07) is 7.25. The summed E-state index contributed by atoms with van der Waals surface area (Å²) in [6.45, 7) is 3.16. The summed E-state index contributed by atoms with van der Waals surface area (Å²) >= 11 is 0. The topological polar surface area (TPSA) is 69.2 Å². The van der Waals surface area contributed by atoms with E-state index in [1.165, 1.54) is 0 Å². The van der Waals surface area contributed by atoms with Crippen molar-refractivity contribution in [2.75, 3.05) is 53.7 Å². The zero-order valence-corrected chi connectivity index (χ0v) is 12.7. The molecule has 120 valence electrons. The van der Waals surface area contributed by atoms with Crippen LogP contribution in [0.4, 0.5) is 0 Å². The Morgan fingerprint density at radius 2 is 1.76 bits per heavy atom. The molecular formula is C15H25NO5. The molecule has 1 aromatic rings. The third-order valence-electron chi connectivity index (χ3n) is 2.74. The molecule has 0 heterocycles. The molecule has 2 N–H and O–H groups in total. The van der Waals surface area contributed by atoms with Gasteiger partial charge in [0.25, 0.3) is 0 Å². The van der Waals surface area contributed by atoms with Crippen molar-refractivity contribution in [1.29, 1.82) is 0 Å². The van der Waals surface area contributed by atoms with Crippen LogP contribution in [0.25, 0.3) is 0 Å². The monoisotopic (exact) mass is 299 g/mol. The van der Waals surface area contributed by atoms with Crippen LogP contribution in [0.3, 0.4) is 0 Å². The lowest BCUT2D eigenvalue weighted by atomic mass is 10.3. The van der Waals surface area contributed by atoms with Crippen molar-refractivity contribution in [3.8, 4) is 11.5 Å². The molecule has 0 aromatic heterocycles. The second-order valence-electron chi connectivity index (χ2n) is 4.45. The van der Waals surface area contributed by atoms with Crippen molar-refractivity contribution >= 4 is 0 Å². The smallest absolute Gasteiger partial charge is 0.119 e. The van der Waals surface area contributed by atoms with E-state index in [0.29, 0.717) is 38.7 Å². The predicted octanol–water partition coefficient (Wildman–Crippen LogP) is 0.688. The lowest BCUT2D eigenvalue weighted by molar-refractivity contribution is 0.0679. The first kappa shape index (κ1) is 17.7. The minimum Gasteiger partial charge on any atom is -0.497 e. The Bertz CT molecular complexity index is 358. The number of hydrogen-bond acceptors (Lipinski definition) is 6. The van der Waals surface area contributed by atoms with Crippen molar-refractivity contribution in [1.82, 2.24) is 5.32 Å². The molecule has 0 fully saturated rings. The van der Waals surface area contributed by atoms with Gasteiger partial charge in [0.1, 0.15) is 24.2 Å². The summed E-state index contributed by atoms with van der Waals surface area (Å²) in [5.41, 5.74) is 0. The zero-order valence-electron chi connectivity index (χ0n) is 12.7. The average molecular weight is 299 g/mol. The van der Waals surface area contributed by atoms with Crippen LogP contribution < -0.4 is 14.8 Å². The maximum atomic E-state index is 9.78. The Morgan fingerprint density at radius 1 is 1.05 bits per heavy atom. The summed E-state index contributed by atoms with van der Waals surface area (Å²) in [7, 11) is 3.26. The molecule has 1 unspecified atom stereocenters. The molecule has 21 heavy (non-hydrogen) atoms. The van der Waals surface area contributed by atoms with Gasteiger partial charge in [0.2, 0.25) is 0 Å². The quantitative estimate of drug-likeness (QED) is 0.553. The molecule has 0 aliphatic rings. The van der Waals surface area contributed by atoms with Crippen LogP contribution in [0.1, 0.15) is 0 Å². The van der Waals surface area contributed by atoms with Gasteiger partial charge in [0.15, 0.2) is 0 Å². The molecular weight excluding hydrogens is 274 g/mol. The molecule has 0 aliphatic carbocycles. The van der Waals surface area contributed by atoms with Crippen molar-refractivity contribution in [2.24, 2.45) is 0 Å². The van der Waals surface area contributed by atoms with E-state index in [4.69, 9.17) is 18.9 Å². The lowest BCUT2D eigenvalue weighted by Crippen LogP contribution is -2.33. The molecule has 6 heteroatoms.